The second-order valence-corrected chi connectivity index (χ2v) is 11.1. The van der Waals surface area contributed by atoms with Crippen LogP contribution < -0.4 is 10.6 Å². The summed E-state index contributed by atoms with van der Waals surface area (Å²) in [6.45, 7) is 7.85. The predicted octanol–water partition coefficient (Wildman–Crippen LogP) is 3.68. The Hall–Kier alpha value is -2.39. The number of amides is 2. The molecule has 1 aromatic carbocycles. The van der Waals surface area contributed by atoms with Crippen molar-refractivity contribution >= 4 is 21.7 Å². The Morgan fingerprint density at radius 3 is 2.48 bits per heavy atom. The Bertz CT molecular complexity index is 959. The van der Waals surface area contributed by atoms with Gasteiger partial charge in [-0.2, -0.15) is 4.31 Å². The number of benzene rings is 1. The normalized spacial score (nSPS) is 17.0. The Morgan fingerprint density at radius 2 is 1.87 bits per heavy atom. The van der Waals surface area contributed by atoms with Crippen molar-refractivity contribution in [2.45, 2.75) is 63.9 Å². The summed E-state index contributed by atoms with van der Waals surface area (Å²) >= 11 is 0. The van der Waals surface area contributed by atoms with Crippen LogP contribution in [0.4, 0.5) is 10.5 Å². The summed E-state index contributed by atoms with van der Waals surface area (Å²) in [7, 11) is -3.57. The standard InChI is InChI=1S/C22H33N5O3S/c1-22(2,3)20(16-26-14-11-23-17-26)25-21(28)24-18-9-8-10-19(15-18)31(29,30)27-12-6-4-5-7-13-27/h8-11,14-15,17,20H,4-7,12-13,16H2,1-3H3,(H2,24,25,28)/t20-/m0/s1. The van der Waals surface area contributed by atoms with Crippen LogP contribution in [-0.4, -0.2) is 47.4 Å². The number of anilines is 1. The maximum atomic E-state index is 13.1. The van der Waals surface area contributed by atoms with E-state index in [-0.39, 0.29) is 22.4 Å². The van der Waals surface area contributed by atoms with Crippen molar-refractivity contribution in [1.29, 1.82) is 0 Å². The predicted molar refractivity (Wildman–Crippen MR) is 121 cm³/mol. The fraction of sp³-hybridized carbons (Fsp3) is 0.545. The van der Waals surface area contributed by atoms with Crippen LogP contribution in [-0.2, 0) is 16.6 Å². The maximum Gasteiger partial charge on any atom is 0.319 e. The summed E-state index contributed by atoms with van der Waals surface area (Å²) < 4.78 is 29.6. The van der Waals surface area contributed by atoms with Crippen LogP contribution in [0.25, 0.3) is 0 Å². The van der Waals surface area contributed by atoms with Gasteiger partial charge in [0.25, 0.3) is 0 Å². The third kappa shape index (κ3) is 6.30. The summed E-state index contributed by atoms with van der Waals surface area (Å²) in [4.78, 5) is 17.0. The summed E-state index contributed by atoms with van der Waals surface area (Å²) in [5, 5.41) is 5.81. The van der Waals surface area contributed by atoms with Gasteiger partial charge in [-0.25, -0.2) is 18.2 Å². The highest BCUT2D eigenvalue weighted by atomic mass is 32.2. The molecule has 0 saturated carbocycles. The number of nitrogens with zero attached hydrogens (tertiary/aromatic N) is 3. The van der Waals surface area contributed by atoms with Crippen LogP contribution in [0.2, 0.25) is 0 Å². The minimum absolute atomic E-state index is 0.147. The Morgan fingerprint density at radius 1 is 1.16 bits per heavy atom. The molecule has 1 aliphatic rings. The molecule has 0 radical (unpaired) electrons. The highest BCUT2D eigenvalue weighted by Gasteiger charge is 2.28. The zero-order valence-electron chi connectivity index (χ0n) is 18.5. The number of imidazole rings is 1. The first-order chi connectivity index (χ1) is 14.7. The largest absolute Gasteiger partial charge is 0.335 e. The van der Waals surface area contributed by atoms with Crippen molar-refractivity contribution in [3.05, 3.63) is 43.0 Å². The summed E-state index contributed by atoms with van der Waals surface area (Å²) in [6.07, 6.45) is 9.15. The molecule has 1 fully saturated rings. The molecule has 1 aromatic heterocycles. The second kappa shape index (κ2) is 9.82. The van der Waals surface area contributed by atoms with Crippen LogP contribution in [0.15, 0.2) is 47.9 Å². The number of rotatable bonds is 6. The molecule has 0 bridgehead atoms. The molecule has 9 heteroatoms. The number of carbonyl (C=O) groups is 1. The number of nitrogens with one attached hydrogen (secondary N) is 2. The Kier molecular flexibility index (Phi) is 7.38. The van der Waals surface area contributed by atoms with E-state index in [2.05, 4.69) is 36.4 Å². The number of hydrogen-bond acceptors (Lipinski definition) is 4. The Labute approximate surface area is 185 Å². The zero-order chi connectivity index (χ0) is 22.5. The first-order valence-electron chi connectivity index (χ1n) is 10.8. The van der Waals surface area contributed by atoms with Crippen LogP contribution >= 0.6 is 0 Å². The second-order valence-electron chi connectivity index (χ2n) is 9.12. The quantitative estimate of drug-likeness (QED) is 0.706. The fourth-order valence-electron chi connectivity index (χ4n) is 3.63. The summed E-state index contributed by atoms with van der Waals surface area (Å²) in [6, 6.07) is 5.95. The van der Waals surface area contributed by atoms with Gasteiger partial charge in [-0.15, -0.1) is 0 Å². The van der Waals surface area contributed by atoms with E-state index in [0.29, 0.717) is 25.3 Å². The van der Waals surface area contributed by atoms with Crippen LogP contribution in [0.1, 0.15) is 46.5 Å². The lowest BCUT2D eigenvalue weighted by molar-refractivity contribution is 0.218. The molecule has 2 aromatic rings. The van der Waals surface area contributed by atoms with Gasteiger partial charge in [0, 0.05) is 37.7 Å². The van der Waals surface area contributed by atoms with Crippen LogP contribution in [0.5, 0.6) is 0 Å². The molecule has 3 rings (SSSR count). The molecule has 2 amide bonds. The third-order valence-corrected chi connectivity index (χ3v) is 7.49. The van der Waals surface area contributed by atoms with Gasteiger partial charge < -0.3 is 15.2 Å². The van der Waals surface area contributed by atoms with E-state index in [0.717, 1.165) is 25.7 Å². The molecule has 1 atom stereocenters. The van der Waals surface area contributed by atoms with Gasteiger partial charge in [-0.1, -0.05) is 39.7 Å². The van der Waals surface area contributed by atoms with Gasteiger partial charge in [0.2, 0.25) is 10.0 Å². The van der Waals surface area contributed by atoms with Gasteiger partial charge in [-0.3, -0.25) is 0 Å². The minimum Gasteiger partial charge on any atom is -0.335 e. The summed E-state index contributed by atoms with van der Waals surface area (Å²) in [5.41, 5.74) is 0.267. The van der Waals surface area contributed by atoms with Gasteiger partial charge in [-0.05, 0) is 36.5 Å². The molecule has 2 heterocycles. The average molecular weight is 448 g/mol. The van der Waals surface area contributed by atoms with E-state index in [1.807, 2.05) is 10.8 Å². The highest BCUT2D eigenvalue weighted by molar-refractivity contribution is 7.89. The number of hydrogen-bond donors (Lipinski definition) is 2. The maximum absolute atomic E-state index is 13.1. The van der Waals surface area contributed by atoms with Gasteiger partial charge >= 0.3 is 6.03 Å². The number of aromatic nitrogens is 2. The van der Waals surface area contributed by atoms with E-state index in [1.54, 1.807) is 35.0 Å². The van der Waals surface area contributed by atoms with Crippen molar-refractivity contribution in [2.24, 2.45) is 5.41 Å². The van der Waals surface area contributed by atoms with Crippen molar-refractivity contribution in [3.8, 4) is 0 Å². The molecule has 2 N–H and O–H groups in total. The van der Waals surface area contributed by atoms with Gasteiger partial charge in [0.15, 0.2) is 0 Å². The zero-order valence-corrected chi connectivity index (χ0v) is 19.4. The van der Waals surface area contributed by atoms with Crippen molar-refractivity contribution in [1.82, 2.24) is 19.2 Å². The fourth-order valence-corrected chi connectivity index (χ4v) is 5.20. The molecule has 0 spiro atoms. The van der Waals surface area contributed by atoms with Gasteiger partial charge in [0.1, 0.15) is 0 Å². The highest BCUT2D eigenvalue weighted by Crippen LogP contribution is 2.24. The molecular formula is C22H33N5O3S. The molecule has 170 valence electrons. The lowest BCUT2D eigenvalue weighted by atomic mass is 9.86. The smallest absolute Gasteiger partial charge is 0.319 e. The van der Waals surface area contributed by atoms with Crippen molar-refractivity contribution in [3.63, 3.8) is 0 Å². The van der Waals surface area contributed by atoms with E-state index < -0.39 is 10.0 Å². The molecule has 1 aliphatic heterocycles. The topological polar surface area (TPSA) is 96.3 Å². The molecule has 8 nitrogen and oxygen atoms in total. The molecular weight excluding hydrogens is 414 g/mol. The minimum atomic E-state index is -3.57. The van der Waals surface area contributed by atoms with Crippen molar-refractivity contribution < 1.29 is 13.2 Å². The van der Waals surface area contributed by atoms with E-state index in [9.17, 15) is 13.2 Å². The molecule has 31 heavy (non-hydrogen) atoms. The van der Waals surface area contributed by atoms with E-state index in [1.165, 1.54) is 6.07 Å². The molecule has 0 unspecified atom stereocenters. The molecule has 0 aliphatic carbocycles. The lowest BCUT2D eigenvalue weighted by Crippen LogP contribution is -2.47. The average Bonchev–Trinajstić information content (AvgIpc) is 3.05. The number of carbonyl (C=O) groups excluding carboxylic acids is 1. The Balaban J connectivity index is 1.70. The SMILES string of the molecule is CC(C)(C)[C@H](Cn1ccnc1)NC(=O)Nc1cccc(S(=O)(=O)N2CCCCCC2)c1. The monoisotopic (exact) mass is 447 g/mol. The molecule has 1 saturated heterocycles. The van der Waals surface area contributed by atoms with Gasteiger partial charge in [0.05, 0.1) is 17.3 Å². The first-order valence-corrected chi connectivity index (χ1v) is 12.2. The third-order valence-electron chi connectivity index (χ3n) is 5.60. The van der Waals surface area contributed by atoms with Crippen molar-refractivity contribution in [2.75, 3.05) is 18.4 Å². The lowest BCUT2D eigenvalue weighted by Gasteiger charge is -2.31. The van der Waals surface area contributed by atoms with Crippen LogP contribution in [0, 0.1) is 5.41 Å². The number of sulfonamides is 1. The first kappa shape index (κ1) is 23.3. The summed E-state index contributed by atoms with van der Waals surface area (Å²) in [5.74, 6) is 0. The van der Waals surface area contributed by atoms with E-state index >= 15 is 0 Å². The number of urea groups is 1. The van der Waals surface area contributed by atoms with E-state index in [4.69, 9.17) is 0 Å². The van der Waals surface area contributed by atoms with Crippen LogP contribution in [0.3, 0.4) is 0 Å².